The average Bonchev–Trinajstić information content (AvgIpc) is 2.46. The Hall–Kier alpha value is -2.54. The molecule has 2 rings (SSSR count). The van der Waals surface area contributed by atoms with Crippen molar-refractivity contribution in [1.82, 2.24) is 0 Å². The summed E-state index contributed by atoms with van der Waals surface area (Å²) in [6.07, 6.45) is 0. The molecular weight excluding hydrogens is 243 g/mol. The molecule has 0 aliphatic rings. The van der Waals surface area contributed by atoms with Gasteiger partial charge in [0, 0.05) is 17.8 Å². The van der Waals surface area contributed by atoms with E-state index in [-0.39, 0.29) is 5.56 Å². The zero-order valence-electron chi connectivity index (χ0n) is 10.5. The van der Waals surface area contributed by atoms with Crippen LogP contribution in [-0.4, -0.2) is 7.11 Å². The molecular formula is C15H13FN2O. The van der Waals surface area contributed by atoms with Crippen LogP contribution in [0.3, 0.4) is 0 Å². The molecule has 2 aromatic rings. The summed E-state index contributed by atoms with van der Waals surface area (Å²) in [5.74, 6) is 0.281. The van der Waals surface area contributed by atoms with Crippen LogP contribution in [0.2, 0.25) is 0 Å². The normalized spacial score (nSPS) is 9.74. The first kappa shape index (κ1) is 12.9. The Balaban J connectivity index is 2.13. The third kappa shape index (κ3) is 3.02. The minimum Gasteiger partial charge on any atom is -0.496 e. The molecule has 0 amide bonds. The van der Waals surface area contributed by atoms with Gasteiger partial charge in [-0.05, 0) is 24.3 Å². The molecule has 0 radical (unpaired) electrons. The number of rotatable bonds is 4. The molecule has 0 saturated carbocycles. The van der Waals surface area contributed by atoms with Crippen LogP contribution in [0.5, 0.6) is 5.75 Å². The van der Waals surface area contributed by atoms with Crippen molar-refractivity contribution in [3.05, 3.63) is 59.4 Å². The molecule has 0 spiro atoms. The summed E-state index contributed by atoms with van der Waals surface area (Å²) in [5.41, 5.74) is 1.72. The third-order valence-electron chi connectivity index (χ3n) is 2.76. The number of hydrogen-bond donors (Lipinski definition) is 1. The smallest absolute Gasteiger partial charge is 0.141 e. The van der Waals surface area contributed by atoms with E-state index in [1.165, 1.54) is 12.1 Å². The fourth-order valence-corrected chi connectivity index (χ4v) is 1.77. The van der Waals surface area contributed by atoms with Crippen molar-refractivity contribution in [3.8, 4) is 11.8 Å². The summed E-state index contributed by atoms with van der Waals surface area (Å²) >= 11 is 0. The topological polar surface area (TPSA) is 45.0 Å². The largest absolute Gasteiger partial charge is 0.496 e. The zero-order chi connectivity index (χ0) is 13.7. The van der Waals surface area contributed by atoms with Crippen LogP contribution >= 0.6 is 0 Å². The Bertz CT molecular complexity index is 620. The minimum atomic E-state index is -0.509. The molecule has 0 saturated heterocycles. The summed E-state index contributed by atoms with van der Waals surface area (Å²) in [7, 11) is 1.62. The number of nitrogens with one attached hydrogen (secondary N) is 1. The van der Waals surface area contributed by atoms with Gasteiger partial charge in [0.25, 0.3) is 0 Å². The summed E-state index contributed by atoms with van der Waals surface area (Å²) in [6, 6.07) is 13.8. The summed E-state index contributed by atoms with van der Waals surface area (Å²) in [5, 5.41) is 11.9. The highest BCUT2D eigenvalue weighted by Crippen LogP contribution is 2.20. The lowest BCUT2D eigenvalue weighted by Gasteiger charge is -2.10. The number of anilines is 1. The van der Waals surface area contributed by atoms with E-state index in [0.29, 0.717) is 12.2 Å². The summed E-state index contributed by atoms with van der Waals surface area (Å²) in [4.78, 5) is 0. The van der Waals surface area contributed by atoms with E-state index in [4.69, 9.17) is 10.00 Å². The van der Waals surface area contributed by atoms with Gasteiger partial charge in [-0.2, -0.15) is 5.26 Å². The molecule has 1 N–H and O–H groups in total. The van der Waals surface area contributed by atoms with Crippen LogP contribution < -0.4 is 10.1 Å². The lowest BCUT2D eigenvalue weighted by atomic mass is 10.1. The molecule has 0 bridgehead atoms. The number of nitriles is 1. The number of hydrogen-bond acceptors (Lipinski definition) is 3. The highest BCUT2D eigenvalue weighted by Gasteiger charge is 2.04. The van der Waals surface area contributed by atoms with Gasteiger partial charge in [-0.25, -0.2) is 4.39 Å². The maximum Gasteiger partial charge on any atom is 0.141 e. The SMILES string of the molecule is COc1ccccc1CNc1ccc(F)c(C#N)c1. The highest BCUT2D eigenvalue weighted by molar-refractivity contribution is 5.50. The van der Waals surface area contributed by atoms with Gasteiger partial charge in [0.15, 0.2) is 0 Å². The van der Waals surface area contributed by atoms with Gasteiger partial charge in [0.1, 0.15) is 17.6 Å². The van der Waals surface area contributed by atoms with E-state index in [2.05, 4.69) is 5.32 Å². The number of halogens is 1. The summed E-state index contributed by atoms with van der Waals surface area (Å²) in [6.45, 7) is 0.542. The number of nitrogens with zero attached hydrogens (tertiary/aromatic N) is 1. The van der Waals surface area contributed by atoms with Crippen molar-refractivity contribution < 1.29 is 9.13 Å². The van der Waals surface area contributed by atoms with Gasteiger partial charge in [-0.3, -0.25) is 0 Å². The van der Waals surface area contributed by atoms with E-state index in [9.17, 15) is 4.39 Å². The quantitative estimate of drug-likeness (QED) is 0.912. The zero-order valence-corrected chi connectivity index (χ0v) is 10.5. The number of methoxy groups -OCH3 is 1. The van der Waals surface area contributed by atoms with E-state index in [0.717, 1.165) is 11.3 Å². The van der Waals surface area contributed by atoms with Crippen LogP contribution in [-0.2, 0) is 6.54 Å². The number of para-hydroxylation sites is 1. The number of ether oxygens (including phenoxy) is 1. The van der Waals surface area contributed by atoms with E-state index < -0.39 is 5.82 Å². The van der Waals surface area contributed by atoms with Crippen LogP contribution in [0.15, 0.2) is 42.5 Å². The Kier molecular flexibility index (Phi) is 3.99. The molecule has 3 nitrogen and oxygen atoms in total. The van der Waals surface area contributed by atoms with Crippen molar-refractivity contribution >= 4 is 5.69 Å². The first-order valence-electron chi connectivity index (χ1n) is 5.80. The van der Waals surface area contributed by atoms with E-state index in [1.807, 2.05) is 30.3 Å². The molecule has 0 atom stereocenters. The molecule has 0 aromatic heterocycles. The van der Waals surface area contributed by atoms with Gasteiger partial charge >= 0.3 is 0 Å². The Morgan fingerprint density at radius 3 is 2.79 bits per heavy atom. The maximum absolute atomic E-state index is 13.2. The van der Waals surface area contributed by atoms with Crippen LogP contribution in [0, 0.1) is 17.1 Å². The molecule has 96 valence electrons. The van der Waals surface area contributed by atoms with Crippen molar-refractivity contribution in [2.24, 2.45) is 0 Å². The first-order chi connectivity index (χ1) is 9.24. The van der Waals surface area contributed by atoms with Crippen molar-refractivity contribution in [2.45, 2.75) is 6.54 Å². The third-order valence-corrected chi connectivity index (χ3v) is 2.76. The molecule has 0 unspecified atom stereocenters. The molecule has 19 heavy (non-hydrogen) atoms. The van der Waals surface area contributed by atoms with Gasteiger partial charge in [0.2, 0.25) is 0 Å². The van der Waals surface area contributed by atoms with Gasteiger partial charge < -0.3 is 10.1 Å². The number of benzene rings is 2. The molecule has 0 aliphatic carbocycles. The van der Waals surface area contributed by atoms with Crippen LogP contribution in [0.4, 0.5) is 10.1 Å². The second kappa shape index (κ2) is 5.87. The second-order valence-corrected chi connectivity index (χ2v) is 3.97. The Morgan fingerprint density at radius 2 is 2.05 bits per heavy atom. The minimum absolute atomic E-state index is 0.0324. The maximum atomic E-state index is 13.2. The monoisotopic (exact) mass is 256 g/mol. The predicted octanol–water partition coefficient (Wildman–Crippen LogP) is 3.32. The van der Waals surface area contributed by atoms with Crippen LogP contribution in [0.1, 0.15) is 11.1 Å². The second-order valence-electron chi connectivity index (χ2n) is 3.97. The molecule has 0 heterocycles. The molecule has 0 fully saturated rings. The predicted molar refractivity (Wildman–Crippen MR) is 71.4 cm³/mol. The lowest BCUT2D eigenvalue weighted by Crippen LogP contribution is -2.02. The highest BCUT2D eigenvalue weighted by atomic mass is 19.1. The lowest BCUT2D eigenvalue weighted by molar-refractivity contribution is 0.410. The Morgan fingerprint density at radius 1 is 1.26 bits per heavy atom. The summed E-state index contributed by atoms with van der Waals surface area (Å²) < 4.78 is 18.4. The molecule has 2 aromatic carbocycles. The fourth-order valence-electron chi connectivity index (χ4n) is 1.77. The van der Waals surface area contributed by atoms with Crippen molar-refractivity contribution in [3.63, 3.8) is 0 Å². The standard InChI is InChI=1S/C15H13FN2O/c1-19-15-5-3-2-4-11(15)10-18-13-6-7-14(16)12(8-13)9-17/h2-8,18H,10H2,1H3. The Labute approximate surface area is 111 Å². The molecule has 0 aliphatic heterocycles. The van der Waals surface area contributed by atoms with Gasteiger partial charge in [-0.15, -0.1) is 0 Å². The van der Waals surface area contributed by atoms with Crippen molar-refractivity contribution in [1.29, 1.82) is 5.26 Å². The fraction of sp³-hybridized carbons (Fsp3) is 0.133. The molecule has 4 heteroatoms. The average molecular weight is 256 g/mol. The van der Waals surface area contributed by atoms with Gasteiger partial charge in [0.05, 0.1) is 12.7 Å². The van der Waals surface area contributed by atoms with Gasteiger partial charge in [-0.1, -0.05) is 18.2 Å². The van der Waals surface area contributed by atoms with E-state index in [1.54, 1.807) is 13.2 Å². The van der Waals surface area contributed by atoms with Crippen LogP contribution in [0.25, 0.3) is 0 Å². The van der Waals surface area contributed by atoms with Crippen molar-refractivity contribution in [2.75, 3.05) is 12.4 Å². The first-order valence-corrected chi connectivity index (χ1v) is 5.80. The van der Waals surface area contributed by atoms with E-state index >= 15 is 0 Å².